The molecule has 0 bridgehead atoms. The molecule has 6 unspecified atom stereocenters. The van der Waals surface area contributed by atoms with E-state index in [1.54, 1.807) is 14.0 Å². The molecule has 2 saturated heterocycles. The molecule has 2 aliphatic heterocycles. The summed E-state index contributed by atoms with van der Waals surface area (Å²) in [6, 6.07) is -1.51. The highest BCUT2D eigenvalue weighted by atomic mass is 16.7. The van der Waals surface area contributed by atoms with Crippen LogP contribution in [0.4, 0.5) is 0 Å². The van der Waals surface area contributed by atoms with E-state index in [9.17, 15) is 15.0 Å². The van der Waals surface area contributed by atoms with E-state index in [1.807, 2.05) is 20.9 Å². The summed E-state index contributed by atoms with van der Waals surface area (Å²) in [5, 5.41) is 27.2. The van der Waals surface area contributed by atoms with Crippen LogP contribution in [0.1, 0.15) is 40.0 Å². The fourth-order valence-corrected chi connectivity index (χ4v) is 5.07. The molecule has 8 N–H and O–H groups in total. The van der Waals surface area contributed by atoms with Crippen molar-refractivity contribution in [2.45, 2.75) is 107 Å². The van der Waals surface area contributed by atoms with Crippen molar-refractivity contribution in [1.82, 2.24) is 10.6 Å². The zero-order valence-corrected chi connectivity index (χ0v) is 20.3. The predicted molar refractivity (Wildman–Crippen MR) is 120 cm³/mol. The van der Waals surface area contributed by atoms with Gasteiger partial charge in [0.15, 0.2) is 18.4 Å². The summed E-state index contributed by atoms with van der Waals surface area (Å²) in [5.74, 6) is -0.483. The Hall–Kier alpha value is -0.730. The molecular formula is C22H42N4O7. The van der Waals surface area contributed by atoms with Gasteiger partial charge in [0.05, 0.1) is 24.8 Å². The molecule has 0 spiro atoms. The standard InChI is InChI=1S/C22H42N4O7/c1-10-8-13(24)18(33-21-16(28)19(26-5)22(3,29)9-30-21)15(27)17(10)32-20-12(23)6-7-14(31-20)11(2)25-4/h10-14,16-21,25-26,28-29H,6-9,23-24H2,1-5H3/t10?,11?,12-,13?,14?,16-,17?,18+,19-,20-,21?,22+/m1/s1. The second-order valence-electron chi connectivity index (χ2n) is 10.0. The van der Waals surface area contributed by atoms with Gasteiger partial charge in [-0.1, -0.05) is 6.92 Å². The largest absolute Gasteiger partial charge is 0.386 e. The number of rotatable bonds is 7. The van der Waals surface area contributed by atoms with Gasteiger partial charge < -0.3 is 51.3 Å². The zero-order chi connectivity index (χ0) is 24.5. The number of carbonyl (C=O) groups excluding carboxylic acids is 1. The van der Waals surface area contributed by atoms with Crippen LogP contribution in [0.5, 0.6) is 0 Å². The summed E-state index contributed by atoms with van der Waals surface area (Å²) in [4.78, 5) is 13.4. The van der Waals surface area contributed by atoms with Gasteiger partial charge in [0.25, 0.3) is 0 Å². The number of carbonyl (C=O) groups is 1. The van der Waals surface area contributed by atoms with Crippen LogP contribution in [-0.4, -0.2) is 103 Å². The minimum absolute atomic E-state index is 0.0669. The van der Waals surface area contributed by atoms with Gasteiger partial charge in [-0.25, -0.2) is 0 Å². The summed E-state index contributed by atoms with van der Waals surface area (Å²) >= 11 is 0. The summed E-state index contributed by atoms with van der Waals surface area (Å²) in [7, 11) is 3.50. The van der Waals surface area contributed by atoms with E-state index in [0.717, 1.165) is 12.8 Å². The fraction of sp³-hybridized carbons (Fsp3) is 0.955. The van der Waals surface area contributed by atoms with E-state index in [1.165, 1.54) is 0 Å². The molecule has 12 atom stereocenters. The van der Waals surface area contributed by atoms with Crippen LogP contribution in [0, 0.1) is 5.92 Å². The Kier molecular flexibility index (Phi) is 8.87. The molecule has 0 radical (unpaired) electrons. The van der Waals surface area contributed by atoms with E-state index >= 15 is 0 Å². The molecule has 33 heavy (non-hydrogen) atoms. The van der Waals surface area contributed by atoms with Crippen molar-refractivity contribution in [3.63, 3.8) is 0 Å². The second kappa shape index (κ2) is 10.9. The van der Waals surface area contributed by atoms with Gasteiger partial charge in [0.2, 0.25) is 0 Å². The quantitative estimate of drug-likeness (QED) is 0.246. The van der Waals surface area contributed by atoms with Crippen molar-refractivity contribution in [2.75, 3.05) is 20.7 Å². The summed E-state index contributed by atoms with van der Waals surface area (Å²) < 4.78 is 23.7. The maximum atomic E-state index is 13.4. The molecule has 1 saturated carbocycles. The lowest BCUT2D eigenvalue weighted by molar-refractivity contribution is -0.284. The van der Waals surface area contributed by atoms with Crippen molar-refractivity contribution in [3.8, 4) is 0 Å². The third-order valence-electron chi connectivity index (χ3n) is 7.27. The molecule has 0 amide bonds. The lowest BCUT2D eigenvalue weighted by Crippen LogP contribution is -2.67. The van der Waals surface area contributed by atoms with Gasteiger partial charge >= 0.3 is 0 Å². The lowest BCUT2D eigenvalue weighted by atomic mass is 9.81. The number of Topliss-reactive ketones (excluding diaryl/α,β-unsaturated/α-hetero) is 1. The highest BCUT2D eigenvalue weighted by molar-refractivity contribution is 5.89. The van der Waals surface area contributed by atoms with E-state index < -0.39 is 48.6 Å². The number of hydrogen-bond donors (Lipinski definition) is 6. The van der Waals surface area contributed by atoms with Gasteiger partial charge in [-0.3, -0.25) is 4.79 Å². The van der Waals surface area contributed by atoms with E-state index in [0.29, 0.717) is 6.42 Å². The minimum atomic E-state index is -1.29. The maximum absolute atomic E-state index is 13.4. The van der Waals surface area contributed by atoms with Crippen molar-refractivity contribution in [2.24, 2.45) is 17.4 Å². The summed E-state index contributed by atoms with van der Waals surface area (Å²) in [6.07, 6.45) is -2.93. The first-order valence-corrected chi connectivity index (χ1v) is 11.9. The monoisotopic (exact) mass is 474 g/mol. The number of likely N-dealkylation sites (N-methyl/N-ethyl adjacent to an activating group) is 2. The number of ketones is 1. The van der Waals surface area contributed by atoms with Crippen LogP contribution in [0.15, 0.2) is 0 Å². The molecule has 0 aromatic heterocycles. The third-order valence-corrected chi connectivity index (χ3v) is 7.27. The van der Waals surface area contributed by atoms with Crippen molar-refractivity contribution in [1.29, 1.82) is 0 Å². The Balaban J connectivity index is 1.69. The Morgan fingerprint density at radius 3 is 2.45 bits per heavy atom. The molecule has 11 heteroatoms. The number of hydrogen-bond acceptors (Lipinski definition) is 11. The van der Waals surface area contributed by atoms with Crippen LogP contribution in [0.25, 0.3) is 0 Å². The molecule has 3 aliphatic rings. The number of aliphatic hydroxyl groups is 2. The maximum Gasteiger partial charge on any atom is 0.192 e. The molecule has 2 heterocycles. The minimum Gasteiger partial charge on any atom is -0.386 e. The first-order chi connectivity index (χ1) is 15.5. The fourth-order valence-electron chi connectivity index (χ4n) is 5.07. The van der Waals surface area contributed by atoms with E-state index in [4.69, 9.17) is 30.4 Å². The molecule has 3 fully saturated rings. The summed E-state index contributed by atoms with van der Waals surface area (Å²) in [6.45, 7) is 5.43. The molecule has 0 aromatic carbocycles. The van der Waals surface area contributed by atoms with Crippen LogP contribution < -0.4 is 22.1 Å². The number of nitrogens with one attached hydrogen (secondary N) is 2. The number of ether oxygens (including phenoxy) is 4. The highest BCUT2D eigenvalue weighted by Gasteiger charge is 2.50. The van der Waals surface area contributed by atoms with Gasteiger partial charge in [-0.2, -0.15) is 0 Å². The summed E-state index contributed by atoms with van der Waals surface area (Å²) in [5.41, 5.74) is 11.2. The van der Waals surface area contributed by atoms with Crippen LogP contribution in [0.2, 0.25) is 0 Å². The normalized spacial score (nSPS) is 48.0. The van der Waals surface area contributed by atoms with Gasteiger partial charge in [0.1, 0.15) is 23.9 Å². The smallest absolute Gasteiger partial charge is 0.192 e. The van der Waals surface area contributed by atoms with Crippen LogP contribution in [0.3, 0.4) is 0 Å². The molecule has 11 nitrogen and oxygen atoms in total. The first kappa shape index (κ1) is 26.9. The van der Waals surface area contributed by atoms with Gasteiger partial charge in [-0.05, 0) is 53.1 Å². The average Bonchev–Trinajstić information content (AvgIpc) is 2.76. The van der Waals surface area contributed by atoms with Crippen molar-refractivity contribution in [3.05, 3.63) is 0 Å². The Morgan fingerprint density at radius 2 is 1.82 bits per heavy atom. The van der Waals surface area contributed by atoms with Gasteiger partial charge in [0, 0.05) is 12.1 Å². The Bertz CT molecular complexity index is 669. The zero-order valence-electron chi connectivity index (χ0n) is 20.3. The van der Waals surface area contributed by atoms with Crippen LogP contribution >= 0.6 is 0 Å². The number of nitrogens with two attached hydrogens (primary N) is 2. The van der Waals surface area contributed by atoms with E-state index in [2.05, 4.69) is 10.6 Å². The Labute approximate surface area is 195 Å². The second-order valence-corrected chi connectivity index (χ2v) is 10.0. The highest BCUT2D eigenvalue weighted by Crippen LogP contribution is 2.32. The molecule has 1 aliphatic carbocycles. The Morgan fingerprint density at radius 1 is 1.15 bits per heavy atom. The van der Waals surface area contributed by atoms with Crippen molar-refractivity contribution >= 4 is 5.78 Å². The topological polar surface area (TPSA) is 171 Å². The predicted octanol–water partition coefficient (Wildman–Crippen LogP) is -1.81. The average molecular weight is 475 g/mol. The van der Waals surface area contributed by atoms with Crippen LogP contribution in [-0.2, 0) is 23.7 Å². The SMILES string of the molecule is CNC(C)C1CC[C@@H](N)[C@@H](OC2C(=O)[C@@H](OC3OC[C@](C)(O)[C@H](NC)[C@H]3O)C(N)CC2C)O1. The molecular weight excluding hydrogens is 432 g/mol. The molecule has 192 valence electrons. The third kappa shape index (κ3) is 5.75. The van der Waals surface area contributed by atoms with Crippen molar-refractivity contribution < 1.29 is 34.0 Å². The first-order valence-electron chi connectivity index (χ1n) is 11.9. The molecule has 3 rings (SSSR count). The van der Waals surface area contributed by atoms with Gasteiger partial charge in [-0.15, -0.1) is 0 Å². The lowest BCUT2D eigenvalue weighted by Gasteiger charge is -2.46. The molecule has 0 aromatic rings. The van der Waals surface area contributed by atoms with E-state index in [-0.39, 0.29) is 36.5 Å². The number of aliphatic hydroxyl groups excluding tert-OH is 1.